The van der Waals surface area contributed by atoms with Crippen molar-refractivity contribution in [2.45, 2.75) is 11.8 Å². The molecular weight excluding hydrogens is 480 g/mol. The van der Waals surface area contributed by atoms with Crippen molar-refractivity contribution >= 4 is 43.4 Å². The Bertz CT molecular complexity index is 1790. The van der Waals surface area contributed by atoms with Crippen LogP contribution in [-0.2, 0) is 5.41 Å². The lowest BCUT2D eigenvalue weighted by atomic mass is 9.69. The summed E-state index contributed by atoms with van der Waals surface area (Å²) in [6, 6.07) is 30.9. The molecule has 2 heteroatoms. The van der Waals surface area contributed by atoms with Crippen LogP contribution in [0.25, 0.3) is 38.6 Å². The third kappa shape index (κ3) is 2.11. The van der Waals surface area contributed by atoms with Crippen molar-refractivity contribution in [1.29, 1.82) is 0 Å². The van der Waals surface area contributed by atoms with Gasteiger partial charge in [-0.15, -0.1) is 0 Å². The highest BCUT2D eigenvalue weighted by Gasteiger charge is 2.53. The van der Waals surface area contributed by atoms with Gasteiger partial charge >= 0.3 is 0 Å². The van der Waals surface area contributed by atoms with Crippen LogP contribution < -0.4 is 0 Å². The minimum absolute atomic E-state index is 0.316. The van der Waals surface area contributed by atoms with Gasteiger partial charge in [-0.05, 0) is 57.5 Å². The summed E-state index contributed by atoms with van der Waals surface area (Å²) in [6.07, 6.45) is 7.67. The van der Waals surface area contributed by atoms with E-state index < -0.39 is 0 Å². The van der Waals surface area contributed by atoms with Crippen molar-refractivity contribution in [2.24, 2.45) is 0 Å². The van der Waals surface area contributed by atoms with Gasteiger partial charge < -0.3 is 4.42 Å². The number of para-hydroxylation sites is 1. The summed E-state index contributed by atoms with van der Waals surface area (Å²) in [5.41, 5.74) is 12.3. The number of fused-ring (bicyclic) bond motifs is 13. The Morgan fingerprint density at radius 3 is 2.32 bits per heavy atom. The van der Waals surface area contributed by atoms with Crippen LogP contribution >= 0.6 is 15.9 Å². The number of hydrogen-bond donors (Lipinski definition) is 0. The van der Waals surface area contributed by atoms with Crippen LogP contribution in [-0.4, -0.2) is 0 Å². The molecule has 0 aliphatic heterocycles. The molecule has 0 bridgehead atoms. The van der Waals surface area contributed by atoms with Gasteiger partial charge in [0.1, 0.15) is 11.2 Å². The second kappa shape index (κ2) is 6.49. The van der Waals surface area contributed by atoms with Gasteiger partial charge in [0.05, 0.1) is 5.41 Å². The molecular formula is C32H19BrO. The van der Waals surface area contributed by atoms with Gasteiger partial charge in [-0.1, -0.05) is 107 Å². The first-order valence-electron chi connectivity index (χ1n) is 11.7. The largest absolute Gasteiger partial charge is 0.455 e. The number of hydrogen-bond acceptors (Lipinski definition) is 1. The highest BCUT2D eigenvalue weighted by molar-refractivity contribution is 9.11. The molecule has 1 unspecified atom stereocenters. The molecule has 0 saturated heterocycles. The van der Waals surface area contributed by atoms with E-state index in [1.165, 1.54) is 55.3 Å². The van der Waals surface area contributed by atoms with Gasteiger partial charge in [0.25, 0.3) is 0 Å². The fourth-order valence-corrected chi connectivity index (χ4v) is 7.05. The quantitative estimate of drug-likeness (QED) is 0.207. The molecule has 3 aliphatic rings. The van der Waals surface area contributed by atoms with E-state index in [1.807, 2.05) is 6.07 Å². The van der Waals surface area contributed by atoms with Crippen molar-refractivity contribution in [3.63, 3.8) is 0 Å². The van der Waals surface area contributed by atoms with Crippen LogP contribution in [0.4, 0.5) is 0 Å². The molecule has 3 aliphatic carbocycles. The molecule has 0 saturated carbocycles. The molecule has 160 valence electrons. The number of rotatable bonds is 0. The smallest absolute Gasteiger partial charge is 0.143 e. The molecule has 8 rings (SSSR count). The maximum absolute atomic E-state index is 6.57. The monoisotopic (exact) mass is 498 g/mol. The standard InChI is InChI=1S/C32H19BrO/c33-19-8-7-14-27-24(18-19)20-9-1-4-12-25(20)32(27)26-13-5-2-11-23(26)30-28(32)17-16-22-21-10-3-6-15-29(21)34-31(22)30/h1-13,15-18H,14H2. The third-order valence-electron chi connectivity index (χ3n) is 7.83. The van der Waals surface area contributed by atoms with E-state index in [-0.39, 0.29) is 5.41 Å². The van der Waals surface area contributed by atoms with E-state index in [2.05, 4.69) is 113 Å². The first kappa shape index (κ1) is 18.8. The molecule has 4 aromatic carbocycles. The zero-order valence-corrected chi connectivity index (χ0v) is 19.9. The number of furan rings is 1. The lowest BCUT2D eigenvalue weighted by molar-refractivity contribution is 0.668. The average Bonchev–Trinajstić information content (AvgIpc) is 3.42. The fraction of sp³-hybridized carbons (Fsp3) is 0.0625. The zero-order chi connectivity index (χ0) is 22.4. The minimum atomic E-state index is -0.316. The molecule has 1 atom stereocenters. The third-order valence-corrected chi connectivity index (χ3v) is 8.32. The summed E-state index contributed by atoms with van der Waals surface area (Å²) in [5.74, 6) is 0. The highest BCUT2D eigenvalue weighted by atomic mass is 79.9. The van der Waals surface area contributed by atoms with Crippen molar-refractivity contribution < 1.29 is 4.42 Å². The molecule has 1 spiro atoms. The summed E-state index contributed by atoms with van der Waals surface area (Å²) in [4.78, 5) is 0. The van der Waals surface area contributed by atoms with Crippen LogP contribution in [0.1, 0.15) is 28.7 Å². The van der Waals surface area contributed by atoms with Crippen LogP contribution in [0, 0.1) is 0 Å². The van der Waals surface area contributed by atoms with Gasteiger partial charge in [-0.25, -0.2) is 0 Å². The average molecular weight is 499 g/mol. The molecule has 5 aromatic rings. The minimum Gasteiger partial charge on any atom is -0.455 e. The predicted octanol–water partition coefficient (Wildman–Crippen LogP) is 8.91. The summed E-state index contributed by atoms with van der Waals surface area (Å²) in [6.45, 7) is 0. The molecule has 0 amide bonds. The SMILES string of the molecule is BrC1=CC2=C(CC=C1)C1(c3ccccc32)c2ccccc2-c2c1ccc1c2oc2ccccc21. The van der Waals surface area contributed by atoms with E-state index in [1.54, 1.807) is 0 Å². The summed E-state index contributed by atoms with van der Waals surface area (Å²) in [5, 5.41) is 2.36. The van der Waals surface area contributed by atoms with Crippen LogP contribution in [0.5, 0.6) is 0 Å². The van der Waals surface area contributed by atoms with Gasteiger partial charge in [0, 0.05) is 20.8 Å². The maximum Gasteiger partial charge on any atom is 0.143 e. The first-order chi connectivity index (χ1) is 16.8. The first-order valence-corrected chi connectivity index (χ1v) is 12.5. The van der Waals surface area contributed by atoms with E-state index in [9.17, 15) is 0 Å². The topological polar surface area (TPSA) is 13.1 Å². The Labute approximate surface area is 205 Å². The van der Waals surface area contributed by atoms with Crippen molar-refractivity contribution in [2.75, 3.05) is 0 Å². The molecule has 34 heavy (non-hydrogen) atoms. The molecule has 1 aromatic heterocycles. The van der Waals surface area contributed by atoms with E-state index in [4.69, 9.17) is 4.42 Å². The van der Waals surface area contributed by atoms with Crippen molar-refractivity contribution in [3.8, 4) is 11.1 Å². The number of benzene rings is 4. The Balaban J connectivity index is 1.59. The van der Waals surface area contributed by atoms with Crippen molar-refractivity contribution in [3.05, 3.63) is 135 Å². The Morgan fingerprint density at radius 2 is 1.44 bits per heavy atom. The summed E-state index contributed by atoms with van der Waals surface area (Å²) < 4.78 is 7.69. The summed E-state index contributed by atoms with van der Waals surface area (Å²) >= 11 is 3.76. The normalized spacial score (nSPS) is 19.9. The van der Waals surface area contributed by atoms with Gasteiger partial charge in [0.2, 0.25) is 0 Å². The fourth-order valence-electron chi connectivity index (χ4n) is 6.63. The van der Waals surface area contributed by atoms with Crippen molar-refractivity contribution in [1.82, 2.24) is 0 Å². The van der Waals surface area contributed by atoms with Crippen LogP contribution in [0.2, 0.25) is 0 Å². The van der Waals surface area contributed by atoms with Crippen LogP contribution in [0.15, 0.2) is 118 Å². The predicted molar refractivity (Wildman–Crippen MR) is 143 cm³/mol. The highest BCUT2D eigenvalue weighted by Crippen LogP contribution is 2.64. The molecule has 1 heterocycles. The van der Waals surface area contributed by atoms with E-state index in [0.29, 0.717) is 0 Å². The molecule has 1 nitrogen and oxygen atoms in total. The number of halogens is 1. The van der Waals surface area contributed by atoms with E-state index >= 15 is 0 Å². The second-order valence-electron chi connectivity index (χ2n) is 9.33. The Hall–Kier alpha value is -3.62. The molecule has 0 fully saturated rings. The van der Waals surface area contributed by atoms with Gasteiger partial charge in [0.15, 0.2) is 0 Å². The lowest BCUT2D eigenvalue weighted by Gasteiger charge is -2.32. The van der Waals surface area contributed by atoms with Gasteiger partial charge in [-0.3, -0.25) is 0 Å². The van der Waals surface area contributed by atoms with Gasteiger partial charge in [-0.2, -0.15) is 0 Å². The Morgan fingerprint density at radius 1 is 0.706 bits per heavy atom. The number of allylic oxidation sites excluding steroid dienone is 6. The molecule has 0 radical (unpaired) electrons. The van der Waals surface area contributed by atoms with Crippen LogP contribution in [0.3, 0.4) is 0 Å². The zero-order valence-electron chi connectivity index (χ0n) is 18.3. The Kier molecular flexibility index (Phi) is 3.58. The second-order valence-corrected chi connectivity index (χ2v) is 10.2. The lowest BCUT2D eigenvalue weighted by Crippen LogP contribution is -2.27. The maximum atomic E-state index is 6.57. The molecule has 0 N–H and O–H groups in total. The van der Waals surface area contributed by atoms with E-state index in [0.717, 1.165) is 22.1 Å². The summed E-state index contributed by atoms with van der Waals surface area (Å²) in [7, 11) is 0.